The Kier molecular flexibility index (Phi) is 5.46. The average molecular weight is 402 g/mol. The number of carbonyl (C=O) groups is 3. The summed E-state index contributed by atoms with van der Waals surface area (Å²) in [5.74, 6) is -1.00. The number of ether oxygens (including phenoxy) is 1. The third-order valence-corrected chi connectivity index (χ3v) is 5.81. The lowest BCUT2D eigenvalue weighted by Crippen LogP contribution is -2.25. The van der Waals surface area contributed by atoms with Gasteiger partial charge in [-0.3, -0.25) is 14.4 Å². The van der Waals surface area contributed by atoms with Gasteiger partial charge >= 0.3 is 0 Å². The monoisotopic (exact) mass is 402 g/mol. The molecule has 0 aliphatic carbocycles. The highest BCUT2D eigenvalue weighted by atomic mass is 32.2. The van der Waals surface area contributed by atoms with E-state index in [2.05, 4.69) is 10.6 Å². The number of anilines is 2. The van der Waals surface area contributed by atoms with Crippen LogP contribution in [0.1, 0.15) is 23.7 Å². The Morgan fingerprint density at radius 1 is 1.18 bits per heavy atom. The predicted octanol–water partition coefficient (Wildman–Crippen LogP) is 2.02. The molecule has 0 spiro atoms. The van der Waals surface area contributed by atoms with E-state index in [9.17, 15) is 22.8 Å². The molecule has 1 aliphatic heterocycles. The van der Waals surface area contributed by atoms with Crippen molar-refractivity contribution in [3.63, 3.8) is 0 Å². The molecule has 0 fully saturated rings. The fraction of sp³-hybridized carbons (Fsp3) is 0.211. The molecule has 0 saturated heterocycles. The number of Topliss-reactive ketones (excluding diaryl/α,β-unsaturated/α-hetero) is 1. The van der Waals surface area contributed by atoms with Crippen molar-refractivity contribution in [3.05, 3.63) is 48.0 Å². The van der Waals surface area contributed by atoms with Gasteiger partial charge < -0.3 is 15.4 Å². The molecular formula is C19H18N2O6S. The van der Waals surface area contributed by atoms with Gasteiger partial charge in [0.15, 0.2) is 22.2 Å². The van der Waals surface area contributed by atoms with Crippen LogP contribution in [0.5, 0.6) is 5.75 Å². The largest absolute Gasteiger partial charge is 0.482 e. The van der Waals surface area contributed by atoms with Crippen molar-refractivity contribution < 1.29 is 27.5 Å². The van der Waals surface area contributed by atoms with Crippen LogP contribution in [0.15, 0.2) is 47.4 Å². The van der Waals surface area contributed by atoms with Crippen LogP contribution in [0.4, 0.5) is 11.4 Å². The molecule has 0 saturated carbocycles. The van der Waals surface area contributed by atoms with Gasteiger partial charge in [0.2, 0.25) is 5.91 Å². The minimum Gasteiger partial charge on any atom is -0.482 e. The Bertz CT molecular complexity index is 1060. The van der Waals surface area contributed by atoms with Gasteiger partial charge in [0.25, 0.3) is 5.91 Å². The number of fused-ring (bicyclic) bond motifs is 1. The van der Waals surface area contributed by atoms with Gasteiger partial charge in [-0.25, -0.2) is 8.42 Å². The van der Waals surface area contributed by atoms with Crippen molar-refractivity contribution in [3.8, 4) is 5.75 Å². The Balaban J connectivity index is 1.65. The summed E-state index contributed by atoms with van der Waals surface area (Å²) in [5, 5.41) is 5.13. The number of carbonyl (C=O) groups excluding carboxylic acids is 3. The van der Waals surface area contributed by atoms with E-state index in [0.717, 1.165) is 0 Å². The first-order valence-corrected chi connectivity index (χ1v) is 10.1. The van der Waals surface area contributed by atoms with Gasteiger partial charge in [0, 0.05) is 17.7 Å². The van der Waals surface area contributed by atoms with Crippen LogP contribution in [0, 0.1) is 0 Å². The van der Waals surface area contributed by atoms with Gasteiger partial charge in [-0.1, -0.05) is 12.1 Å². The molecular weight excluding hydrogens is 384 g/mol. The number of amides is 2. The van der Waals surface area contributed by atoms with E-state index in [1.54, 1.807) is 18.2 Å². The summed E-state index contributed by atoms with van der Waals surface area (Å²) in [5.41, 5.74) is 1.15. The molecule has 0 unspecified atom stereocenters. The van der Waals surface area contributed by atoms with Gasteiger partial charge in [-0.2, -0.15) is 0 Å². The lowest BCUT2D eigenvalue weighted by atomic mass is 10.1. The molecule has 146 valence electrons. The second-order valence-corrected chi connectivity index (χ2v) is 8.36. The van der Waals surface area contributed by atoms with E-state index >= 15 is 0 Å². The van der Waals surface area contributed by atoms with E-state index < -0.39 is 21.5 Å². The molecule has 0 bridgehead atoms. The minimum absolute atomic E-state index is 0.0107. The number of benzene rings is 2. The third kappa shape index (κ3) is 4.55. The maximum absolute atomic E-state index is 12.5. The lowest BCUT2D eigenvalue weighted by Gasteiger charge is -2.18. The summed E-state index contributed by atoms with van der Waals surface area (Å²) in [7, 11) is -3.74. The normalized spacial score (nSPS) is 13.1. The Hall–Kier alpha value is -3.20. The standard InChI is InChI=1S/C19H18N2O6S/c1-12(22)13-3-2-4-14(9-13)20-18(23)7-8-28(25,26)15-5-6-17-16(10-15)21-19(24)11-27-17/h2-6,9-10H,7-8,11H2,1H3,(H,20,23)(H,21,24). The summed E-state index contributed by atoms with van der Waals surface area (Å²) in [6.45, 7) is 1.30. The second kappa shape index (κ2) is 7.81. The lowest BCUT2D eigenvalue weighted by molar-refractivity contribution is -0.118. The van der Waals surface area contributed by atoms with Crippen LogP contribution in [-0.4, -0.2) is 38.4 Å². The highest BCUT2D eigenvalue weighted by Crippen LogP contribution is 2.30. The summed E-state index contributed by atoms with van der Waals surface area (Å²) in [6.07, 6.45) is -0.257. The topological polar surface area (TPSA) is 119 Å². The van der Waals surface area contributed by atoms with E-state index in [4.69, 9.17) is 4.74 Å². The first-order chi connectivity index (χ1) is 13.2. The van der Waals surface area contributed by atoms with E-state index in [1.165, 1.54) is 31.2 Å². The summed E-state index contributed by atoms with van der Waals surface area (Å²) in [4.78, 5) is 34.9. The highest BCUT2D eigenvalue weighted by molar-refractivity contribution is 7.91. The number of nitrogens with one attached hydrogen (secondary N) is 2. The van der Waals surface area contributed by atoms with Crippen LogP contribution in [0.25, 0.3) is 0 Å². The van der Waals surface area contributed by atoms with Gasteiger partial charge in [-0.05, 0) is 37.3 Å². The van der Waals surface area contributed by atoms with Crippen molar-refractivity contribution in [2.75, 3.05) is 23.0 Å². The second-order valence-electron chi connectivity index (χ2n) is 6.25. The predicted molar refractivity (Wildman–Crippen MR) is 102 cm³/mol. The molecule has 0 atom stereocenters. The zero-order valence-electron chi connectivity index (χ0n) is 15.0. The molecule has 1 heterocycles. The fourth-order valence-electron chi connectivity index (χ4n) is 2.64. The fourth-order valence-corrected chi connectivity index (χ4v) is 3.90. The molecule has 2 amide bonds. The quantitative estimate of drug-likeness (QED) is 0.714. The molecule has 8 nitrogen and oxygen atoms in total. The van der Waals surface area contributed by atoms with Crippen molar-refractivity contribution in [1.82, 2.24) is 0 Å². The van der Waals surface area contributed by atoms with Crippen molar-refractivity contribution in [2.24, 2.45) is 0 Å². The summed E-state index contributed by atoms with van der Waals surface area (Å²) < 4.78 is 30.2. The maximum Gasteiger partial charge on any atom is 0.262 e. The minimum atomic E-state index is -3.74. The van der Waals surface area contributed by atoms with Crippen LogP contribution >= 0.6 is 0 Å². The SMILES string of the molecule is CC(=O)c1cccc(NC(=O)CCS(=O)(=O)c2ccc3c(c2)NC(=O)CO3)c1. The third-order valence-electron chi connectivity index (χ3n) is 4.09. The maximum atomic E-state index is 12.5. The summed E-state index contributed by atoms with van der Waals surface area (Å²) in [6, 6.07) is 10.6. The van der Waals surface area contributed by atoms with Crippen LogP contribution in [0.3, 0.4) is 0 Å². The van der Waals surface area contributed by atoms with Gasteiger partial charge in [-0.15, -0.1) is 0 Å². The smallest absolute Gasteiger partial charge is 0.262 e. The molecule has 3 rings (SSSR count). The number of hydrogen-bond acceptors (Lipinski definition) is 6. The molecule has 0 radical (unpaired) electrons. The molecule has 2 aromatic rings. The number of ketones is 1. The van der Waals surface area contributed by atoms with Gasteiger partial charge in [0.05, 0.1) is 16.3 Å². The highest BCUT2D eigenvalue weighted by Gasteiger charge is 2.22. The number of hydrogen-bond donors (Lipinski definition) is 2. The van der Waals surface area contributed by atoms with Crippen molar-refractivity contribution in [2.45, 2.75) is 18.2 Å². The van der Waals surface area contributed by atoms with Crippen LogP contribution < -0.4 is 15.4 Å². The van der Waals surface area contributed by atoms with Crippen LogP contribution in [-0.2, 0) is 19.4 Å². The molecule has 1 aliphatic rings. The number of sulfone groups is 1. The molecule has 28 heavy (non-hydrogen) atoms. The van der Waals surface area contributed by atoms with Gasteiger partial charge in [0.1, 0.15) is 5.75 Å². The van der Waals surface area contributed by atoms with E-state index in [-0.39, 0.29) is 35.3 Å². The molecule has 2 N–H and O–H groups in total. The average Bonchev–Trinajstić information content (AvgIpc) is 2.66. The molecule has 2 aromatic carbocycles. The first kappa shape index (κ1) is 19.6. The first-order valence-electron chi connectivity index (χ1n) is 8.45. The van der Waals surface area contributed by atoms with Crippen LogP contribution in [0.2, 0.25) is 0 Å². The van der Waals surface area contributed by atoms with E-state index in [1.807, 2.05) is 0 Å². The molecule has 0 aromatic heterocycles. The number of rotatable bonds is 6. The Morgan fingerprint density at radius 2 is 1.96 bits per heavy atom. The Morgan fingerprint density at radius 3 is 2.71 bits per heavy atom. The Labute approximate surface area is 161 Å². The van der Waals surface area contributed by atoms with Crippen molar-refractivity contribution in [1.29, 1.82) is 0 Å². The van der Waals surface area contributed by atoms with Crippen molar-refractivity contribution >= 4 is 38.8 Å². The van der Waals surface area contributed by atoms with E-state index in [0.29, 0.717) is 17.0 Å². The zero-order valence-corrected chi connectivity index (χ0v) is 15.8. The summed E-state index contributed by atoms with van der Waals surface area (Å²) >= 11 is 0. The zero-order chi connectivity index (χ0) is 20.3. The molecule has 9 heteroatoms.